The second kappa shape index (κ2) is 8.84. The van der Waals surface area contributed by atoms with Gasteiger partial charge >= 0.3 is 12.0 Å². The Hall–Kier alpha value is -3.09. The Bertz CT molecular complexity index is 694. The van der Waals surface area contributed by atoms with E-state index in [4.69, 9.17) is 14.2 Å². The van der Waals surface area contributed by atoms with Crippen molar-refractivity contribution in [3.63, 3.8) is 0 Å². The van der Waals surface area contributed by atoms with Gasteiger partial charge in [0, 0.05) is 4.92 Å². The van der Waals surface area contributed by atoms with E-state index in [9.17, 15) is 14.9 Å². The Balaban J connectivity index is 2.54. The van der Waals surface area contributed by atoms with Crippen LogP contribution in [-0.4, -0.2) is 37.8 Å². The summed E-state index contributed by atoms with van der Waals surface area (Å²) in [5.41, 5.74) is 1.23. The van der Waals surface area contributed by atoms with Gasteiger partial charge in [-0.15, -0.1) is 0 Å². The van der Waals surface area contributed by atoms with Gasteiger partial charge in [-0.2, -0.15) is 0 Å². The van der Waals surface area contributed by atoms with Gasteiger partial charge in [-0.3, -0.25) is 10.1 Å². The molecule has 0 aliphatic rings. The molecule has 2 aromatic carbocycles. The molecule has 0 radical (unpaired) electrons. The highest BCUT2D eigenvalue weighted by Crippen LogP contribution is 2.32. The third-order valence-corrected chi connectivity index (χ3v) is 4.02. The molecular weight excluding hydrogens is 338 g/mol. The monoisotopic (exact) mass is 359 g/mol. The van der Waals surface area contributed by atoms with E-state index >= 15 is 0 Å². The van der Waals surface area contributed by atoms with Gasteiger partial charge in [-0.25, -0.2) is 4.79 Å². The van der Waals surface area contributed by atoms with Crippen LogP contribution in [0.1, 0.15) is 24.0 Å². The Morgan fingerprint density at radius 1 is 0.962 bits per heavy atom. The van der Waals surface area contributed by atoms with Crippen molar-refractivity contribution in [2.45, 2.75) is 18.9 Å². The average molecular weight is 359 g/mol. The van der Waals surface area contributed by atoms with Crippen molar-refractivity contribution in [1.29, 1.82) is 0 Å². The van der Waals surface area contributed by atoms with Gasteiger partial charge in [-0.1, -0.05) is 24.3 Å². The van der Waals surface area contributed by atoms with Crippen molar-refractivity contribution in [2.75, 3.05) is 20.8 Å². The highest BCUT2D eigenvalue weighted by molar-refractivity contribution is 5.76. The molecule has 0 saturated heterocycles. The molecule has 0 fully saturated rings. The summed E-state index contributed by atoms with van der Waals surface area (Å²) in [5.74, 6) is -0.429. The molecule has 0 heterocycles. The summed E-state index contributed by atoms with van der Waals surface area (Å²) in [7, 11) is 3.07. The van der Waals surface area contributed by atoms with E-state index in [0.717, 1.165) is 0 Å². The summed E-state index contributed by atoms with van der Waals surface area (Å²) in [6, 6.07) is 12.1. The first-order valence-corrected chi connectivity index (χ1v) is 8.09. The number of esters is 1. The number of carbonyl (C=O) groups excluding carboxylic acids is 1. The summed E-state index contributed by atoms with van der Waals surface area (Å²) in [6.07, 6.45) is 0. The van der Waals surface area contributed by atoms with Crippen LogP contribution < -0.4 is 9.47 Å². The number of methoxy groups -OCH3 is 2. The zero-order chi connectivity index (χ0) is 19.1. The van der Waals surface area contributed by atoms with Gasteiger partial charge in [0.25, 0.3) is 0 Å². The van der Waals surface area contributed by atoms with Crippen molar-refractivity contribution >= 4 is 5.97 Å². The molecule has 7 heteroatoms. The largest absolute Gasteiger partial charge is 0.497 e. The molecule has 0 amide bonds. The molecule has 0 aliphatic carbocycles. The average Bonchev–Trinajstić information content (AvgIpc) is 2.66. The van der Waals surface area contributed by atoms with E-state index < -0.39 is 22.9 Å². The molecule has 0 aliphatic heterocycles. The molecule has 0 aromatic heterocycles. The molecule has 0 spiro atoms. The lowest BCUT2D eigenvalue weighted by atomic mass is 9.85. The molecule has 1 unspecified atom stereocenters. The number of carbonyl (C=O) groups is 1. The zero-order valence-corrected chi connectivity index (χ0v) is 14.9. The third kappa shape index (κ3) is 4.30. The van der Waals surface area contributed by atoms with E-state index in [2.05, 4.69) is 0 Å². The maximum atomic E-state index is 12.3. The Labute approximate surface area is 151 Å². The minimum atomic E-state index is -1.56. The smallest absolute Gasteiger partial charge is 0.382 e. The van der Waals surface area contributed by atoms with Crippen LogP contribution in [-0.2, 0) is 9.53 Å². The lowest BCUT2D eigenvalue weighted by Gasteiger charge is -2.21. The van der Waals surface area contributed by atoms with Gasteiger partial charge in [0.15, 0.2) is 0 Å². The molecule has 7 nitrogen and oxygen atoms in total. The lowest BCUT2D eigenvalue weighted by Crippen LogP contribution is -2.37. The minimum absolute atomic E-state index is 0.0706. The molecule has 1 atom stereocenters. The number of ether oxygens (including phenoxy) is 3. The van der Waals surface area contributed by atoms with Gasteiger partial charge in [0.2, 0.25) is 0 Å². The molecule has 26 heavy (non-hydrogen) atoms. The highest BCUT2D eigenvalue weighted by atomic mass is 16.6. The molecule has 0 saturated carbocycles. The Morgan fingerprint density at radius 3 is 1.69 bits per heavy atom. The third-order valence-electron chi connectivity index (χ3n) is 4.02. The quantitative estimate of drug-likeness (QED) is 0.409. The van der Waals surface area contributed by atoms with Crippen LogP contribution in [0.4, 0.5) is 0 Å². The molecule has 0 N–H and O–H groups in total. The maximum Gasteiger partial charge on any atom is 0.382 e. The Morgan fingerprint density at radius 2 is 1.38 bits per heavy atom. The maximum absolute atomic E-state index is 12.3. The number of nitrogens with zero attached hydrogens (tertiary/aromatic N) is 1. The fourth-order valence-corrected chi connectivity index (χ4v) is 2.75. The molecule has 2 aromatic rings. The van der Waals surface area contributed by atoms with Crippen molar-refractivity contribution in [1.82, 2.24) is 0 Å². The SMILES string of the molecule is CCOC(=O)C(C(c1ccc(OC)cc1)c1ccc(OC)cc1)[N+](=O)[O-]. The predicted octanol–water partition coefficient (Wildman–Crippen LogP) is 3.04. The fraction of sp³-hybridized carbons (Fsp3) is 0.316. The zero-order valence-electron chi connectivity index (χ0n) is 14.9. The van der Waals surface area contributed by atoms with E-state index in [1.165, 1.54) is 14.2 Å². The first-order valence-electron chi connectivity index (χ1n) is 8.09. The first-order chi connectivity index (χ1) is 12.5. The summed E-state index contributed by atoms with van der Waals surface area (Å²) in [5, 5.41) is 11.7. The van der Waals surface area contributed by atoms with Crippen LogP contribution in [0.25, 0.3) is 0 Å². The van der Waals surface area contributed by atoms with Crippen molar-refractivity contribution < 1.29 is 23.9 Å². The van der Waals surface area contributed by atoms with Crippen LogP contribution in [0.2, 0.25) is 0 Å². The number of rotatable bonds is 8. The first kappa shape index (κ1) is 19.2. The minimum Gasteiger partial charge on any atom is -0.497 e. The fourth-order valence-electron chi connectivity index (χ4n) is 2.75. The van der Waals surface area contributed by atoms with Gasteiger partial charge in [-0.05, 0) is 42.3 Å². The van der Waals surface area contributed by atoms with E-state index in [1.807, 2.05) is 0 Å². The van der Waals surface area contributed by atoms with E-state index in [0.29, 0.717) is 22.6 Å². The summed E-state index contributed by atoms with van der Waals surface area (Å²) in [6.45, 7) is 1.69. The molecule has 2 rings (SSSR count). The van der Waals surface area contributed by atoms with Crippen LogP contribution in [0.5, 0.6) is 11.5 Å². The van der Waals surface area contributed by atoms with Crippen LogP contribution >= 0.6 is 0 Å². The highest BCUT2D eigenvalue weighted by Gasteiger charge is 2.42. The summed E-state index contributed by atoms with van der Waals surface area (Å²) < 4.78 is 15.2. The molecule has 138 valence electrons. The molecular formula is C19H21NO6. The van der Waals surface area contributed by atoms with Gasteiger partial charge in [0.1, 0.15) is 11.5 Å². The van der Waals surface area contributed by atoms with E-state index in [1.54, 1.807) is 55.5 Å². The van der Waals surface area contributed by atoms with Crippen LogP contribution in [0.15, 0.2) is 48.5 Å². The number of hydrogen-bond acceptors (Lipinski definition) is 6. The number of nitro groups is 1. The standard InChI is InChI=1S/C19H21NO6/c1-4-26-19(21)18(20(22)23)17(13-5-9-15(24-2)10-6-13)14-7-11-16(25-3)12-8-14/h5-12,17-18H,4H2,1-3H3. The second-order valence-electron chi connectivity index (χ2n) is 5.51. The normalized spacial score (nSPS) is 11.7. The molecule has 0 bridgehead atoms. The van der Waals surface area contributed by atoms with Gasteiger partial charge in [0.05, 0.1) is 26.7 Å². The summed E-state index contributed by atoms with van der Waals surface area (Å²) in [4.78, 5) is 23.4. The predicted molar refractivity (Wildman–Crippen MR) is 95.2 cm³/mol. The second-order valence-corrected chi connectivity index (χ2v) is 5.51. The lowest BCUT2D eigenvalue weighted by molar-refractivity contribution is -0.513. The van der Waals surface area contributed by atoms with Gasteiger partial charge < -0.3 is 14.2 Å². The Kier molecular flexibility index (Phi) is 6.54. The van der Waals surface area contributed by atoms with Crippen molar-refractivity contribution in [2.24, 2.45) is 0 Å². The number of benzene rings is 2. The van der Waals surface area contributed by atoms with E-state index in [-0.39, 0.29) is 6.61 Å². The summed E-state index contributed by atoms with van der Waals surface area (Å²) >= 11 is 0. The van der Waals surface area contributed by atoms with Crippen LogP contribution in [0.3, 0.4) is 0 Å². The van der Waals surface area contributed by atoms with Crippen molar-refractivity contribution in [3.8, 4) is 11.5 Å². The number of hydrogen-bond donors (Lipinski definition) is 0. The van der Waals surface area contributed by atoms with Crippen molar-refractivity contribution in [3.05, 3.63) is 69.8 Å². The topological polar surface area (TPSA) is 87.9 Å². The van der Waals surface area contributed by atoms with Crippen LogP contribution in [0, 0.1) is 10.1 Å².